The van der Waals surface area contributed by atoms with Gasteiger partial charge in [0.25, 0.3) is 0 Å². The van der Waals surface area contributed by atoms with Gasteiger partial charge < -0.3 is 14.6 Å². The number of nitrogens with zero attached hydrogens (tertiary/aromatic N) is 2. The minimum Gasteiger partial charge on any atom is -0.370 e. The Hall–Kier alpha value is -1.10. The SMILES string of the molecule is CCOC(c1noc(NC(C)(C)C)n1)C1CC1. The van der Waals surface area contributed by atoms with E-state index in [0.29, 0.717) is 24.4 Å². The molecule has 5 heteroatoms. The first-order valence-corrected chi connectivity index (χ1v) is 6.23. The highest BCUT2D eigenvalue weighted by Gasteiger charge is 2.36. The molecule has 0 aliphatic heterocycles. The number of anilines is 1. The van der Waals surface area contributed by atoms with Crippen molar-refractivity contribution in [2.45, 2.75) is 52.2 Å². The third-order valence-corrected chi connectivity index (χ3v) is 2.57. The number of hydrogen-bond acceptors (Lipinski definition) is 5. The summed E-state index contributed by atoms with van der Waals surface area (Å²) in [5.41, 5.74) is -0.0789. The maximum Gasteiger partial charge on any atom is 0.321 e. The van der Waals surface area contributed by atoms with E-state index in [-0.39, 0.29) is 11.6 Å². The number of aromatic nitrogens is 2. The lowest BCUT2D eigenvalue weighted by Crippen LogP contribution is -2.26. The predicted molar refractivity (Wildman–Crippen MR) is 64.8 cm³/mol. The fourth-order valence-corrected chi connectivity index (χ4v) is 1.72. The van der Waals surface area contributed by atoms with E-state index in [1.165, 1.54) is 12.8 Å². The van der Waals surface area contributed by atoms with E-state index < -0.39 is 0 Å². The average Bonchev–Trinajstić information content (AvgIpc) is 2.95. The second-order valence-corrected chi connectivity index (χ2v) is 5.55. The lowest BCUT2D eigenvalue weighted by molar-refractivity contribution is 0.0385. The topological polar surface area (TPSA) is 60.2 Å². The van der Waals surface area contributed by atoms with Crippen LogP contribution in [-0.4, -0.2) is 22.3 Å². The van der Waals surface area contributed by atoms with Crippen molar-refractivity contribution in [2.24, 2.45) is 5.92 Å². The highest BCUT2D eigenvalue weighted by Crippen LogP contribution is 2.42. The van der Waals surface area contributed by atoms with Crippen molar-refractivity contribution in [2.75, 3.05) is 11.9 Å². The van der Waals surface area contributed by atoms with Gasteiger partial charge in [-0.3, -0.25) is 0 Å². The first-order valence-electron chi connectivity index (χ1n) is 6.23. The van der Waals surface area contributed by atoms with E-state index in [9.17, 15) is 0 Å². The summed E-state index contributed by atoms with van der Waals surface area (Å²) < 4.78 is 10.9. The van der Waals surface area contributed by atoms with Crippen LogP contribution in [0.2, 0.25) is 0 Å². The third kappa shape index (κ3) is 3.43. The van der Waals surface area contributed by atoms with Crippen LogP contribution in [0.1, 0.15) is 52.5 Å². The zero-order chi connectivity index (χ0) is 12.5. The minimum atomic E-state index is -0.0789. The van der Waals surface area contributed by atoms with Crippen molar-refractivity contribution < 1.29 is 9.26 Å². The number of ether oxygens (including phenoxy) is 1. The Morgan fingerprint density at radius 2 is 2.18 bits per heavy atom. The fourth-order valence-electron chi connectivity index (χ4n) is 1.72. The summed E-state index contributed by atoms with van der Waals surface area (Å²) in [6, 6.07) is 0.470. The molecule has 1 aliphatic carbocycles. The van der Waals surface area contributed by atoms with Crippen molar-refractivity contribution in [1.82, 2.24) is 10.1 Å². The smallest absolute Gasteiger partial charge is 0.321 e. The summed E-state index contributed by atoms with van der Waals surface area (Å²) >= 11 is 0. The first kappa shape index (κ1) is 12.4. The van der Waals surface area contributed by atoms with Gasteiger partial charge >= 0.3 is 6.01 Å². The Kier molecular flexibility index (Phi) is 3.38. The van der Waals surface area contributed by atoms with E-state index in [2.05, 4.69) is 36.2 Å². The minimum absolute atomic E-state index is 0.000677. The van der Waals surface area contributed by atoms with Gasteiger partial charge in [0.05, 0.1) is 0 Å². The molecule has 1 saturated carbocycles. The largest absolute Gasteiger partial charge is 0.370 e. The molecule has 1 N–H and O–H groups in total. The van der Waals surface area contributed by atoms with Crippen LogP contribution in [-0.2, 0) is 4.74 Å². The standard InChI is InChI=1S/C12H21N3O2/c1-5-16-9(8-6-7-8)10-13-11(17-15-10)14-12(2,3)4/h8-9H,5-7H2,1-4H3,(H,13,14,15). The molecule has 5 nitrogen and oxygen atoms in total. The molecule has 1 aromatic rings. The molecular formula is C12H21N3O2. The lowest BCUT2D eigenvalue weighted by Gasteiger charge is -2.17. The molecule has 1 heterocycles. The van der Waals surface area contributed by atoms with Gasteiger partial charge in [0.15, 0.2) is 0 Å². The molecule has 1 aromatic heterocycles. The fraction of sp³-hybridized carbons (Fsp3) is 0.833. The zero-order valence-corrected chi connectivity index (χ0v) is 11.0. The van der Waals surface area contributed by atoms with Crippen molar-refractivity contribution in [3.63, 3.8) is 0 Å². The van der Waals surface area contributed by atoms with Crippen LogP contribution < -0.4 is 5.32 Å². The summed E-state index contributed by atoms with van der Waals surface area (Å²) in [7, 11) is 0. The van der Waals surface area contributed by atoms with Crippen LogP contribution in [0.5, 0.6) is 0 Å². The monoisotopic (exact) mass is 239 g/mol. The van der Waals surface area contributed by atoms with Gasteiger partial charge in [-0.25, -0.2) is 0 Å². The Morgan fingerprint density at radius 1 is 1.47 bits per heavy atom. The molecule has 17 heavy (non-hydrogen) atoms. The van der Waals surface area contributed by atoms with Gasteiger partial charge in [-0.1, -0.05) is 5.16 Å². The predicted octanol–water partition coefficient (Wildman–Crippen LogP) is 2.77. The van der Waals surface area contributed by atoms with Crippen LogP contribution in [0.3, 0.4) is 0 Å². The molecule has 0 saturated heterocycles. The van der Waals surface area contributed by atoms with Crippen molar-refractivity contribution in [3.05, 3.63) is 5.82 Å². The van der Waals surface area contributed by atoms with E-state index in [1.807, 2.05) is 6.92 Å². The van der Waals surface area contributed by atoms with Crippen molar-refractivity contribution in [3.8, 4) is 0 Å². The molecule has 2 rings (SSSR count). The molecule has 1 atom stereocenters. The number of nitrogens with one attached hydrogen (secondary N) is 1. The number of rotatable bonds is 5. The average molecular weight is 239 g/mol. The normalized spacial score (nSPS) is 18.1. The Balaban J connectivity index is 2.05. The lowest BCUT2D eigenvalue weighted by atomic mass is 10.1. The molecular weight excluding hydrogens is 218 g/mol. The molecule has 1 aliphatic rings. The zero-order valence-electron chi connectivity index (χ0n) is 11.0. The Bertz CT molecular complexity index is 366. The van der Waals surface area contributed by atoms with Gasteiger partial charge in [-0.05, 0) is 46.5 Å². The van der Waals surface area contributed by atoms with Crippen molar-refractivity contribution in [1.29, 1.82) is 0 Å². The van der Waals surface area contributed by atoms with Gasteiger partial charge in [0.2, 0.25) is 5.82 Å². The summed E-state index contributed by atoms with van der Waals surface area (Å²) in [6.45, 7) is 8.83. The molecule has 0 aromatic carbocycles. The number of hydrogen-bond donors (Lipinski definition) is 1. The molecule has 1 unspecified atom stereocenters. The second kappa shape index (κ2) is 4.64. The van der Waals surface area contributed by atoms with Gasteiger partial charge in [0, 0.05) is 12.1 Å². The summed E-state index contributed by atoms with van der Waals surface area (Å²) in [5, 5.41) is 7.17. The Morgan fingerprint density at radius 3 is 2.71 bits per heavy atom. The summed E-state index contributed by atoms with van der Waals surface area (Å²) in [5.74, 6) is 1.23. The van der Waals surface area contributed by atoms with Gasteiger partial charge in [0.1, 0.15) is 6.10 Å². The molecule has 0 bridgehead atoms. The van der Waals surface area contributed by atoms with Crippen LogP contribution >= 0.6 is 0 Å². The van der Waals surface area contributed by atoms with Crippen LogP contribution in [0.4, 0.5) is 6.01 Å². The van der Waals surface area contributed by atoms with Gasteiger partial charge in [-0.2, -0.15) is 4.98 Å². The molecule has 0 amide bonds. The highest BCUT2D eigenvalue weighted by molar-refractivity contribution is 5.23. The summed E-state index contributed by atoms with van der Waals surface area (Å²) in [6.07, 6.45) is 2.39. The molecule has 1 fully saturated rings. The Labute approximate surface area is 102 Å². The van der Waals surface area contributed by atoms with E-state index in [4.69, 9.17) is 9.26 Å². The van der Waals surface area contributed by atoms with Crippen LogP contribution in [0.25, 0.3) is 0 Å². The second-order valence-electron chi connectivity index (χ2n) is 5.55. The quantitative estimate of drug-likeness (QED) is 0.856. The highest BCUT2D eigenvalue weighted by atomic mass is 16.5. The first-order chi connectivity index (χ1) is 7.99. The van der Waals surface area contributed by atoms with E-state index >= 15 is 0 Å². The van der Waals surface area contributed by atoms with E-state index in [1.54, 1.807) is 0 Å². The van der Waals surface area contributed by atoms with E-state index in [0.717, 1.165) is 0 Å². The molecule has 0 radical (unpaired) electrons. The third-order valence-electron chi connectivity index (χ3n) is 2.57. The maximum absolute atomic E-state index is 5.68. The van der Waals surface area contributed by atoms with Crippen LogP contribution in [0.15, 0.2) is 4.52 Å². The maximum atomic E-state index is 5.68. The van der Waals surface area contributed by atoms with Crippen LogP contribution in [0, 0.1) is 5.92 Å². The van der Waals surface area contributed by atoms with Crippen molar-refractivity contribution >= 4 is 6.01 Å². The summed E-state index contributed by atoms with van der Waals surface area (Å²) in [4.78, 5) is 4.36. The molecule has 96 valence electrons. The van der Waals surface area contributed by atoms with Gasteiger partial charge in [-0.15, -0.1) is 0 Å². The molecule has 0 spiro atoms.